The zero-order chi connectivity index (χ0) is 29.8. The Labute approximate surface area is 254 Å². The van der Waals surface area contributed by atoms with E-state index in [9.17, 15) is 9.59 Å². The van der Waals surface area contributed by atoms with Crippen molar-refractivity contribution in [1.82, 2.24) is 19.9 Å². The monoisotopic (exact) mass is 600 g/mol. The highest BCUT2D eigenvalue weighted by Gasteiger charge is 2.24. The van der Waals surface area contributed by atoms with E-state index in [1.165, 1.54) is 12.3 Å². The molecule has 0 saturated heterocycles. The number of aromatic nitrogens is 3. The van der Waals surface area contributed by atoms with Gasteiger partial charge >= 0.3 is 0 Å². The quantitative estimate of drug-likeness (QED) is 0.298. The van der Waals surface area contributed by atoms with Crippen LogP contribution >= 0.6 is 23.2 Å². The number of aliphatic imine (C=N–C) groups is 1. The first kappa shape index (κ1) is 29.2. The van der Waals surface area contributed by atoms with E-state index < -0.39 is 6.04 Å². The van der Waals surface area contributed by atoms with Gasteiger partial charge in [-0.2, -0.15) is 0 Å². The smallest absolute Gasteiger partial charge is 0.254 e. The van der Waals surface area contributed by atoms with Crippen molar-refractivity contribution >= 4 is 34.8 Å². The molecule has 3 N–H and O–H groups in total. The van der Waals surface area contributed by atoms with E-state index in [-0.39, 0.29) is 17.4 Å². The highest BCUT2D eigenvalue weighted by Crippen LogP contribution is 2.34. The molecule has 5 rings (SSSR count). The molecule has 0 spiro atoms. The van der Waals surface area contributed by atoms with Crippen LogP contribution in [0.4, 0.5) is 0 Å². The van der Waals surface area contributed by atoms with Gasteiger partial charge in [0, 0.05) is 52.6 Å². The minimum absolute atomic E-state index is 0.139. The van der Waals surface area contributed by atoms with Crippen LogP contribution in [0.1, 0.15) is 43.5 Å². The van der Waals surface area contributed by atoms with Gasteiger partial charge in [0.15, 0.2) is 0 Å². The first-order chi connectivity index (χ1) is 20.3. The van der Waals surface area contributed by atoms with E-state index in [0.717, 1.165) is 22.3 Å². The minimum atomic E-state index is -0.413. The number of carbonyl (C=O) groups is 1. The number of amides is 1. The van der Waals surface area contributed by atoms with Crippen molar-refractivity contribution in [2.45, 2.75) is 32.2 Å². The fraction of sp³-hybridized carbons (Fsp3) is 0.219. The lowest BCUT2D eigenvalue weighted by molar-refractivity contribution is -0.123. The summed E-state index contributed by atoms with van der Waals surface area (Å²) in [4.78, 5) is 40.4. The second kappa shape index (κ2) is 12.7. The summed E-state index contributed by atoms with van der Waals surface area (Å²) in [5.41, 5.74) is 11.0. The normalized spacial score (nSPS) is 19.7. The third-order valence-corrected chi connectivity index (χ3v) is 7.90. The Hall–Kier alpha value is -4.27. The van der Waals surface area contributed by atoms with Crippen LogP contribution in [0.5, 0.6) is 0 Å². The van der Waals surface area contributed by atoms with Gasteiger partial charge in [-0.15, -0.1) is 0 Å². The Morgan fingerprint density at radius 3 is 2.52 bits per heavy atom. The summed E-state index contributed by atoms with van der Waals surface area (Å²) in [5, 5.41) is 4.04. The maximum absolute atomic E-state index is 13.7. The van der Waals surface area contributed by atoms with Crippen molar-refractivity contribution in [3.05, 3.63) is 117 Å². The molecule has 8 nitrogen and oxygen atoms in total. The molecule has 4 aromatic rings. The number of benzene rings is 2. The molecule has 0 radical (unpaired) electrons. The lowest BCUT2D eigenvalue weighted by Gasteiger charge is -2.23. The van der Waals surface area contributed by atoms with Crippen LogP contribution in [0.15, 0.2) is 94.9 Å². The van der Waals surface area contributed by atoms with Crippen LogP contribution in [-0.4, -0.2) is 33.2 Å². The number of hydrogen-bond donors (Lipinski definition) is 2. The Morgan fingerprint density at radius 1 is 0.976 bits per heavy atom. The highest BCUT2D eigenvalue weighted by molar-refractivity contribution is 6.31. The number of hydrogen-bond acceptors (Lipinski definition) is 6. The van der Waals surface area contributed by atoms with Gasteiger partial charge in [0.2, 0.25) is 5.91 Å². The number of fused-ring (bicyclic) bond motifs is 2. The third kappa shape index (κ3) is 6.15. The average Bonchev–Trinajstić information content (AvgIpc) is 2.99. The van der Waals surface area contributed by atoms with Crippen LogP contribution in [0.25, 0.3) is 22.4 Å². The number of allylic oxidation sites excluding steroid dienone is 1. The molecule has 0 saturated carbocycles. The van der Waals surface area contributed by atoms with E-state index in [4.69, 9.17) is 33.9 Å². The fourth-order valence-corrected chi connectivity index (χ4v) is 5.59. The summed E-state index contributed by atoms with van der Waals surface area (Å²) in [6.45, 7) is 1.87. The second-order valence-corrected chi connectivity index (χ2v) is 11.1. The van der Waals surface area contributed by atoms with E-state index in [2.05, 4.69) is 15.3 Å². The van der Waals surface area contributed by atoms with Crippen LogP contribution in [-0.2, 0) is 4.79 Å². The van der Waals surface area contributed by atoms with Crippen LogP contribution in [0.3, 0.4) is 0 Å². The standard InChI is InChI=1S/C32H30Cl2N6O2/c1-19-5-3-8-29(27-14-21(11-12-37-27)31(36-2)28(17-35)39-32(19)42)40-18-38-26(16-30(40)41)25-15-23(34)9-10-24(25)20-6-4-7-22(33)13-20/h4,6-7,9-19,29H,3,5,8,35H2,1-2H3,(H,39,42). The maximum atomic E-state index is 13.7. The van der Waals surface area contributed by atoms with Gasteiger partial charge in [-0.05, 0) is 60.4 Å². The van der Waals surface area contributed by atoms with Gasteiger partial charge in [-0.25, -0.2) is 4.98 Å². The Kier molecular flexibility index (Phi) is 8.85. The van der Waals surface area contributed by atoms with Crippen molar-refractivity contribution in [2.75, 3.05) is 7.05 Å². The molecule has 2 aromatic carbocycles. The van der Waals surface area contributed by atoms with E-state index in [1.54, 1.807) is 42.3 Å². The lowest BCUT2D eigenvalue weighted by Crippen LogP contribution is -2.33. The molecule has 1 aliphatic heterocycles. The number of nitrogens with two attached hydrogens (primary N) is 1. The summed E-state index contributed by atoms with van der Waals surface area (Å²) in [6, 6.07) is 17.8. The third-order valence-electron chi connectivity index (χ3n) is 7.43. The predicted molar refractivity (Wildman–Crippen MR) is 168 cm³/mol. The van der Waals surface area contributed by atoms with Crippen molar-refractivity contribution < 1.29 is 4.79 Å². The molecule has 2 unspecified atom stereocenters. The Balaban J connectivity index is 1.59. The Bertz CT molecular complexity index is 1760. The predicted octanol–water partition coefficient (Wildman–Crippen LogP) is 6.02. The molecule has 3 heterocycles. The van der Waals surface area contributed by atoms with Crippen molar-refractivity contribution in [1.29, 1.82) is 0 Å². The summed E-state index contributed by atoms with van der Waals surface area (Å²) in [7, 11) is 1.64. The summed E-state index contributed by atoms with van der Waals surface area (Å²) >= 11 is 12.6. The van der Waals surface area contributed by atoms with Gasteiger partial charge in [-0.3, -0.25) is 24.1 Å². The van der Waals surface area contributed by atoms with Crippen LogP contribution < -0.4 is 16.6 Å². The largest absolute Gasteiger partial charge is 0.403 e. The van der Waals surface area contributed by atoms with Crippen molar-refractivity contribution in [2.24, 2.45) is 16.6 Å². The molecule has 42 heavy (non-hydrogen) atoms. The van der Waals surface area contributed by atoms with Gasteiger partial charge in [-0.1, -0.05) is 54.7 Å². The number of nitrogens with one attached hydrogen (secondary N) is 1. The Morgan fingerprint density at radius 2 is 1.79 bits per heavy atom. The number of halogens is 2. The van der Waals surface area contributed by atoms with Gasteiger partial charge in [0.25, 0.3) is 5.56 Å². The maximum Gasteiger partial charge on any atom is 0.254 e. The first-order valence-corrected chi connectivity index (χ1v) is 14.3. The zero-order valence-corrected chi connectivity index (χ0v) is 24.7. The second-order valence-electron chi connectivity index (χ2n) is 10.2. The fourth-order valence-electron chi connectivity index (χ4n) is 5.22. The molecule has 2 aromatic heterocycles. The number of rotatable bonds is 3. The molecule has 0 aliphatic carbocycles. The van der Waals surface area contributed by atoms with E-state index in [0.29, 0.717) is 52.1 Å². The molecular formula is C32H30Cl2N6O2. The molecule has 1 aliphatic rings. The van der Waals surface area contributed by atoms with Crippen molar-refractivity contribution in [3.63, 3.8) is 0 Å². The number of nitrogens with zero attached hydrogens (tertiary/aromatic N) is 4. The van der Waals surface area contributed by atoms with Gasteiger partial charge < -0.3 is 11.1 Å². The zero-order valence-electron chi connectivity index (χ0n) is 23.2. The molecule has 0 fully saturated rings. The average molecular weight is 602 g/mol. The summed E-state index contributed by atoms with van der Waals surface area (Å²) in [5.74, 6) is -0.408. The van der Waals surface area contributed by atoms with Gasteiger partial charge in [0.1, 0.15) is 0 Å². The topological polar surface area (TPSA) is 115 Å². The first-order valence-electron chi connectivity index (χ1n) is 13.6. The van der Waals surface area contributed by atoms with Gasteiger partial charge in [0.05, 0.1) is 35.2 Å². The molecule has 10 heteroatoms. The van der Waals surface area contributed by atoms with Crippen LogP contribution in [0.2, 0.25) is 10.0 Å². The SMILES string of the molecule is CN=C1C(=CN)NC(=O)C(C)CCCC(n2cnc(-c3cc(Cl)ccc3-c3cccc(Cl)c3)cc2=O)c2cc1ccn2. The molecule has 214 valence electrons. The number of carbonyl (C=O) groups excluding carboxylic acids is 1. The summed E-state index contributed by atoms with van der Waals surface area (Å²) < 4.78 is 1.60. The highest BCUT2D eigenvalue weighted by atomic mass is 35.5. The van der Waals surface area contributed by atoms with E-state index in [1.807, 2.05) is 43.3 Å². The van der Waals surface area contributed by atoms with Crippen LogP contribution in [0, 0.1) is 5.92 Å². The lowest BCUT2D eigenvalue weighted by atomic mass is 9.96. The van der Waals surface area contributed by atoms with Crippen molar-refractivity contribution in [3.8, 4) is 22.4 Å². The molecule has 1 amide bonds. The van der Waals surface area contributed by atoms with E-state index >= 15 is 0 Å². The molecule has 2 atom stereocenters. The summed E-state index contributed by atoms with van der Waals surface area (Å²) in [6.07, 6.45) is 6.45. The molecule has 2 bridgehead atoms. The minimum Gasteiger partial charge on any atom is -0.403 e. The number of pyridine rings is 1. The molecular weight excluding hydrogens is 571 g/mol.